The van der Waals surface area contributed by atoms with Crippen LogP contribution in [0.2, 0.25) is 0 Å². The van der Waals surface area contributed by atoms with Crippen molar-refractivity contribution in [3.8, 4) is 5.75 Å². The third kappa shape index (κ3) is 5.56. The van der Waals surface area contributed by atoms with Crippen molar-refractivity contribution in [1.82, 2.24) is 4.98 Å². The zero-order valence-electron chi connectivity index (χ0n) is 23.7. The summed E-state index contributed by atoms with van der Waals surface area (Å²) in [6, 6.07) is 21.3. The fourth-order valence-corrected chi connectivity index (χ4v) is 5.83. The minimum absolute atomic E-state index is 0.0582. The lowest BCUT2D eigenvalue weighted by Crippen LogP contribution is -2.29. The predicted molar refractivity (Wildman–Crippen MR) is 161 cm³/mol. The number of aliphatic hydroxyl groups is 1. The summed E-state index contributed by atoms with van der Waals surface area (Å²) < 4.78 is 11.1. The van der Waals surface area contributed by atoms with Crippen LogP contribution in [0.1, 0.15) is 56.1 Å². The third-order valence-electron chi connectivity index (χ3n) is 6.99. The second-order valence-electron chi connectivity index (χ2n) is 9.96. The maximum Gasteiger partial charge on any atom is 0.350 e. The highest BCUT2D eigenvalue weighted by molar-refractivity contribution is 7.17. The zero-order valence-corrected chi connectivity index (χ0v) is 24.5. The lowest BCUT2D eigenvalue weighted by atomic mass is 9.93. The number of Topliss-reactive ketones (excluding diaryl/α,β-unsaturated/α-hetero) is 1. The second kappa shape index (κ2) is 12.0. The van der Waals surface area contributed by atoms with Crippen LogP contribution in [0.5, 0.6) is 5.75 Å². The molecule has 1 unspecified atom stereocenters. The number of ketones is 1. The summed E-state index contributed by atoms with van der Waals surface area (Å²) in [7, 11) is 0. The Balaban J connectivity index is 1.60. The van der Waals surface area contributed by atoms with E-state index in [4.69, 9.17) is 9.47 Å². The molecule has 0 aliphatic carbocycles. The van der Waals surface area contributed by atoms with Crippen LogP contribution in [0.4, 0.5) is 5.13 Å². The molecule has 1 amide bonds. The van der Waals surface area contributed by atoms with Gasteiger partial charge in [-0.1, -0.05) is 71.5 Å². The number of benzene rings is 3. The molecule has 1 N–H and O–H groups in total. The van der Waals surface area contributed by atoms with E-state index in [1.54, 1.807) is 44.2 Å². The van der Waals surface area contributed by atoms with Crippen molar-refractivity contribution in [2.75, 3.05) is 11.5 Å². The number of esters is 1. The Kier molecular flexibility index (Phi) is 8.22. The molecule has 0 bridgehead atoms. The highest BCUT2D eigenvalue weighted by Crippen LogP contribution is 2.44. The van der Waals surface area contributed by atoms with Gasteiger partial charge in [0.05, 0.1) is 23.9 Å². The zero-order chi connectivity index (χ0) is 30.0. The van der Waals surface area contributed by atoms with Crippen molar-refractivity contribution < 1.29 is 29.0 Å². The number of carbonyl (C=O) groups is 3. The van der Waals surface area contributed by atoms with Gasteiger partial charge in [-0.2, -0.15) is 0 Å². The molecule has 4 aromatic rings. The molecule has 1 aliphatic rings. The molecule has 3 aromatic carbocycles. The summed E-state index contributed by atoms with van der Waals surface area (Å²) >= 11 is 0.971. The fourth-order valence-electron chi connectivity index (χ4n) is 4.84. The van der Waals surface area contributed by atoms with Gasteiger partial charge in [-0.15, -0.1) is 0 Å². The molecule has 9 heteroatoms. The number of anilines is 1. The molecule has 0 spiro atoms. The van der Waals surface area contributed by atoms with Gasteiger partial charge in [0.15, 0.2) is 5.13 Å². The van der Waals surface area contributed by atoms with Crippen molar-refractivity contribution in [1.29, 1.82) is 0 Å². The molecule has 214 valence electrons. The molecule has 5 rings (SSSR count). The molecule has 0 radical (unpaired) electrons. The topological polar surface area (TPSA) is 106 Å². The highest BCUT2D eigenvalue weighted by atomic mass is 32.1. The van der Waals surface area contributed by atoms with E-state index in [0.717, 1.165) is 28.0 Å². The van der Waals surface area contributed by atoms with E-state index in [0.29, 0.717) is 29.2 Å². The Bertz CT molecular complexity index is 1690. The maximum atomic E-state index is 13.6. The van der Waals surface area contributed by atoms with Gasteiger partial charge < -0.3 is 14.6 Å². The lowest BCUT2D eigenvalue weighted by molar-refractivity contribution is -0.132. The largest absolute Gasteiger partial charge is 0.507 e. The number of aryl methyl sites for hydroxylation is 3. The smallest absolute Gasteiger partial charge is 0.350 e. The molecular weight excluding hydrogens is 552 g/mol. The number of aliphatic hydroxyl groups excluding tert-OH is 1. The Labute approximate surface area is 247 Å². The Morgan fingerprint density at radius 1 is 1.00 bits per heavy atom. The first-order valence-corrected chi connectivity index (χ1v) is 14.3. The number of thiazole rings is 1. The van der Waals surface area contributed by atoms with Crippen LogP contribution >= 0.6 is 11.3 Å². The predicted octanol–water partition coefficient (Wildman–Crippen LogP) is 6.45. The number of hydrogen-bond donors (Lipinski definition) is 1. The van der Waals surface area contributed by atoms with Crippen LogP contribution in [-0.4, -0.2) is 34.4 Å². The van der Waals surface area contributed by atoms with Gasteiger partial charge in [0.25, 0.3) is 5.78 Å². The summed E-state index contributed by atoms with van der Waals surface area (Å²) in [4.78, 5) is 45.7. The number of aromatic nitrogens is 1. The van der Waals surface area contributed by atoms with Crippen LogP contribution in [0.25, 0.3) is 5.76 Å². The van der Waals surface area contributed by atoms with Crippen molar-refractivity contribution >= 4 is 39.9 Å². The van der Waals surface area contributed by atoms with E-state index in [1.165, 1.54) is 4.90 Å². The molecule has 1 aromatic heterocycles. The Morgan fingerprint density at radius 3 is 2.40 bits per heavy atom. The van der Waals surface area contributed by atoms with Crippen molar-refractivity contribution in [3.63, 3.8) is 0 Å². The number of nitrogens with zero attached hydrogens (tertiary/aromatic N) is 2. The van der Waals surface area contributed by atoms with E-state index in [1.807, 2.05) is 56.3 Å². The molecule has 8 nitrogen and oxygen atoms in total. The number of hydrogen-bond acceptors (Lipinski definition) is 8. The third-order valence-corrected chi connectivity index (χ3v) is 8.13. The van der Waals surface area contributed by atoms with Crippen LogP contribution < -0.4 is 9.64 Å². The Morgan fingerprint density at radius 2 is 1.71 bits per heavy atom. The molecule has 2 heterocycles. The van der Waals surface area contributed by atoms with Crippen LogP contribution in [0.3, 0.4) is 0 Å². The van der Waals surface area contributed by atoms with Crippen LogP contribution in [0.15, 0.2) is 78.4 Å². The first kappa shape index (κ1) is 28.8. The van der Waals surface area contributed by atoms with E-state index < -0.39 is 23.7 Å². The summed E-state index contributed by atoms with van der Waals surface area (Å²) in [6.07, 6.45) is 0. The molecule has 1 atom stereocenters. The minimum Gasteiger partial charge on any atom is -0.507 e. The molecule has 1 aliphatic heterocycles. The molecular formula is C33H30N2O6S. The van der Waals surface area contributed by atoms with Gasteiger partial charge in [-0.3, -0.25) is 14.5 Å². The van der Waals surface area contributed by atoms with E-state index in [2.05, 4.69) is 4.98 Å². The number of amides is 1. The minimum atomic E-state index is -0.992. The Hall–Kier alpha value is -4.76. The fraction of sp³-hybridized carbons (Fsp3) is 0.212. The SMILES string of the molecule is CCOC(=O)c1sc(N2C(=O)C(=O)C(=C(O)c3cc(C)ccc3C)C2c2ccc(OCc3ccccc3)cc2)nc1C. The van der Waals surface area contributed by atoms with E-state index in [9.17, 15) is 19.5 Å². The first-order valence-electron chi connectivity index (χ1n) is 13.5. The molecule has 0 saturated carbocycles. The van der Waals surface area contributed by atoms with Gasteiger partial charge in [0, 0.05) is 5.56 Å². The lowest BCUT2D eigenvalue weighted by Gasteiger charge is -2.23. The van der Waals surface area contributed by atoms with Gasteiger partial charge in [-0.05, 0) is 62.6 Å². The normalized spacial score (nSPS) is 16.1. The average Bonchev–Trinajstić information content (AvgIpc) is 3.50. The quantitative estimate of drug-likeness (QED) is 0.110. The number of ether oxygens (including phenoxy) is 2. The summed E-state index contributed by atoms with van der Waals surface area (Å²) in [5, 5.41) is 11.7. The average molecular weight is 583 g/mol. The van der Waals surface area contributed by atoms with Gasteiger partial charge in [0.1, 0.15) is 23.0 Å². The summed E-state index contributed by atoms with van der Waals surface area (Å²) in [6.45, 7) is 7.62. The summed E-state index contributed by atoms with van der Waals surface area (Å²) in [5.74, 6) is -1.91. The molecule has 42 heavy (non-hydrogen) atoms. The second-order valence-corrected chi connectivity index (χ2v) is 10.9. The first-order chi connectivity index (χ1) is 20.2. The molecule has 1 fully saturated rings. The van der Waals surface area contributed by atoms with Gasteiger partial charge >= 0.3 is 11.9 Å². The number of rotatable bonds is 8. The van der Waals surface area contributed by atoms with Gasteiger partial charge in [-0.25, -0.2) is 9.78 Å². The maximum absolute atomic E-state index is 13.6. The van der Waals surface area contributed by atoms with Gasteiger partial charge in [0.2, 0.25) is 0 Å². The van der Waals surface area contributed by atoms with E-state index in [-0.39, 0.29) is 27.9 Å². The highest BCUT2D eigenvalue weighted by Gasteiger charge is 2.48. The standard InChI is InChI=1S/C33H30N2O6S/c1-5-40-32(39)30-21(4)34-33(42-30)35-27(23-13-15-24(16-14-23)41-18-22-9-7-6-8-10-22)26(29(37)31(35)38)28(36)25-17-19(2)11-12-20(25)3/h6-17,27,36H,5,18H2,1-4H3. The number of carbonyl (C=O) groups excluding carboxylic acids is 3. The van der Waals surface area contributed by atoms with Crippen molar-refractivity contribution in [2.24, 2.45) is 0 Å². The van der Waals surface area contributed by atoms with Crippen LogP contribution in [0, 0.1) is 20.8 Å². The summed E-state index contributed by atoms with van der Waals surface area (Å²) in [5.41, 5.74) is 4.01. The molecule has 1 saturated heterocycles. The van der Waals surface area contributed by atoms with E-state index >= 15 is 0 Å². The van der Waals surface area contributed by atoms with Crippen LogP contribution in [-0.2, 0) is 20.9 Å². The monoisotopic (exact) mass is 582 g/mol. The van der Waals surface area contributed by atoms with Crippen molar-refractivity contribution in [3.05, 3.63) is 117 Å². The van der Waals surface area contributed by atoms with Crippen molar-refractivity contribution in [2.45, 2.75) is 40.3 Å².